The van der Waals surface area contributed by atoms with Crippen molar-refractivity contribution in [1.29, 1.82) is 0 Å². The van der Waals surface area contributed by atoms with E-state index in [1.165, 1.54) is 0 Å². The molecule has 2 unspecified atom stereocenters. The molecule has 5 heteroatoms. The highest BCUT2D eigenvalue weighted by Crippen LogP contribution is 2.22. The molecule has 1 rings (SSSR count). The summed E-state index contributed by atoms with van der Waals surface area (Å²) >= 11 is 0. The molecular weight excluding hydrogens is 230 g/mol. The van der Waals surface area contributed by atoms with E-state index in [1.807, 2.05) is 13.8 Å². The second-order valence-corrected chi connectivity index (χ2v) is 5.32. The van der Waals surface area contributed by atoms with Crippen LogP contribution in [0.4, 0.5) is 0 Å². The molecule has 1 aliphatic carbocycles. The first-order chi connectivity index (χ1) is 8.50. The van der Waals surface area contributed by atoms with Crippen LogP contribution in [-0.2, 0) is 9.59 Å². The Morgan fingerprint density at radius 3 is 2.56 bits per heavy atom. The van der Waals surface area contributed by atoms with E-state index >= 15 is 0 Å². The molecule has 0 bridgehead atoms. The predicted molar refractivity (Wildman–Crippen MR) is 70.8 cm³/mol. The Labute approximate surface area is 109 Å². The number of carbonyl (C=O) groups is 2. The summed E-state index contributed by atoms with van der Waals surface area (Å²) in [5, 5.41) is 5.60. The zero-order valence-corrected chi connectivity index (χ0v) is 11.4. The maximum Gasteiger partial charge on any atom is 0.224 e. The van der Waals surface area contributed by atoms with Crippen LogP contribution < -0.4 is 16.4 Å². The number of amides is 2. The van der Waals surface area contributed by atoms with Crippen LogP contribution in [0.25, 0.3) is 0 Å². The van der Waals surface area contributed by atoms with Crippen molar-refractivity contribution < 1.29 is 9.59 Å². The summed E-state index contributed by atoms with van der Waals surface area (Å²) in [6.07, 6.45) is 4.30. The maximum absolute atomic E-state index is 11.9. The van der Waals surface area contributed by atoms with E-state index in [0.29, 0.717) is 13.0 Å². The number of nitrogens with two attached hydrogens (primary N) is 1. The van der Waals surface area contributed by atoms with Crippen LogP contribution in [0.1, 0.15) is 46.0 Å². The van der Waals surface area contributed by atoms with Gasteiger partial charge in [0.25, 0.3) is 0 Å². The van der Waals surface area contributed by atoms with Crippen LogP contribution in [0.2, 0.25) is 0 Å². The molecule has 2 amide bonds. The third kappa shape index (κ3) is 5.04. The van der Waals surface area contributed by atoms with Crippen molar-refractivity contribution >= 4 is 11.8 Å². The van der Waals surface area contributed by atoms with Gasteiger partial charge in [0.15, 0.2) is 0 Å². The number of rotatable bonds is 5. The first-order valence-corrected chi connectivity index (χ1v) is 6.83. The van der Waals surface area contributed by atoms with Crippen LogP contribution >= 0.6 is 0 Å². The fraction of sp³-hybridized carbons (Fsp3) is 0.846. The highest BCUT2D eigenvalue weighted by Gasteiger charge is 2.27. The van der Waals surface area contributed by atoms with Crippen LogP contribution in [0.15, 0.2) is 0 Å². The minimum Gasteiger partial charge on any atom is -0.355 e. The van der Waals surface area contributed by atoms with Gasteiger partial charge in [0.2, 0.25) is 11.8 Å². The Bertz CT molecular complexity index is 292. The predicted octanol–water partition coefficient (Wildman–Crippen LogP) is 0.535. The van der Waals surface area contributed by atoms with Crippen molar-refractivity contribution in [3.05, 3.63) is 0 Å². The van der Waals surface area contributed by atoms with Gasteiger partial charge in [-0.25, -0.2) is 0 Å². The summed E-state index contributed by atoms with van der Waals surface area (Å²) in [5.41, 5.74) is 5.94. The molecule has 0 aromatic heterocycles. The molecule has 0 spiro atoms. The molecule has 0 saturated heterocycles. The normalized spacial score (nSPS) is 23.8. The molecular formula is C13H25N3O2. The van der Waals surface area contributed by atoms with E-state index in [4.69, 9.17) is 5.73 Å². The lowest BCUT2D eigenvalue weighted by Crippen LogP contribution is -2.44. The smallest absolute Gasteiger partial charge is 0.224 e. The lowest BCUT2D eigenvalue weighted by atomic mass is 9.84. The molecule has 0 aliphatic heterocycles. The lowest BCUT2D eigenvalue weighted by Gasteiger charge is -2.27. The Morgan fingerprint density at radius 2 is 1.94 bits per heavy atom. The van der Waals surface area contributed by atoms with E-state index in [0.717, 1.165) is 25.7 Å². The number of carbonyl (C=O) groups excluding carboxylic acids is 2. The van der Waals surface area contributed by atoms with Crippen LogP contribution in [0.5, 0.6) is 0 Å². The zero-order valence-electron chi connectivity index (χ0n) is 11.4. The Morgan fingerprint density at radius 1 is 1.28 bits per heavy atom. The first-order valence-electron chi connectivity index (χ1n) is 6.83. The summed E-state index contributed by atoms with van der Waals surface area (Å²) in [7, 11) is 0. The van der Waals surface area contributed by atoms with Gasteiger partial charge in [-0.05, 0) is 26.7 Å². The van der Waals surface area contributed by atoms with E-state index in [9.17, 15) is 9.59 Å². The fourth-order valence-corrected chi connectivity index (χ4v) is 2.31. The molecule has 1 fully saturated rings. The van der Waals surface area contributed by atoms with Crippen molar-refractivity contribution in [2.24, 2.45) is 11.7 Å². The third-order valence-electron chi connectivity index (χ3n) is 3.26. The van der Waals surface area contributed by atoms with Crippen LogP contribution in [-0.4, -0.2) is 30.4 Å². The Kier molecular flexibility index (Phi) is 6.12. The van der Waals surface area contributed by atoms with Gasteiger partial charge in [-0.2, -0.15) is 0 Å². The fourth-order valence-electron chi connectivity index (χ4n) is 2.31. The van der Waals surface area contributed by atoms with Gasteiger partial charge in [-0.1, -0.05) is 12.8 Å². The molecule has 1 saturated carbocycles. The monoisotopic (exact) mass is 255 g/mol. The quantitative estimate of drug-likeness (QED) is 0.670. The topological polar surface area (TPSA) is 84.2 Å². The Balaban J connectivity index is 2.22. The van der Waals surface area contributed by atoms with Crippen molar-refractivity contribution in [2.45, 2.75) is 58.0 Å². The van der Waals surface area contributed by atoms with Crippen LogP contribution in [0.3, 0.4) is 0 Å². The highest BCUT2D eigenvalue weighted by molar-refractivity contribution is 5.81. The first kappa shape index (κ1) is 15.0. The number of nitrogens with one attached hydrogen (secondary N) is 2. The molecule has 18 heavy (non-hydrogen) atoms. The average Bonchev–Trinajstić information content (AvgIpc) is 2.28. The van der Waals surface area contributed by atoms with Crippen molar-refractivity contribution in [2.75, 3.05) is 6.54 Å². The van der Waals surface area contributed by atoms with Gasteiger partial charge in [-0.3, -0.25) is 9.59 Å². The summed E-state index contributed by atoms with van der Waals surface area (Å²) in [6.45, 7) is 4.22. The Hall–Kier alpha value is -1.10. The van der Waals surface area contributed by atoms with Crippen molar-refractivity contribution in [3.8, 4) is 0 Å². The van der Waals surface area contributed by atoms with Gasteiger partial charge in [0.05, 0.1) is 5.92 Å². The molecule has 1 aliphatic rings. The van der Waals surface area contributed by atoms with E-state index < -0.39 is 0 Å². The van der Waals surface area contributed by atoms with E-state index in [1.54, 1.807) is 0 Å². The molecule has 0 aromatic carbocycles. The summed E-state index contributed by atoms with van der Waals surface area (Å²) < 4.78 is 0. The van der Waals surface area contributed by atoms with Crippen LogP contribution in [0, 0.1) is 5.92 Å². The van der Waals surface area contributed by atoms with Gasteiger partial charge in [0, 0.05) is 25.0 Å². The number of hydrogen-bond donors (Lipinski definition) is 3. The van der Waals surface area contributed by atoms with Crippen molar-refractivity contribution in [3.63, 3.8) is 0 Å². The summed E-state index contributed by atoms with van der Waals surface area (Å²) in [6, 6.07) is 0.114. The molecule has 0 heterocycles. The summed E-state index contributed by atoms with van der Waals surface area (Å²) in [4.78, 5) is 23.3. The van der Waals surface area contributed by atoms with Gasteiger partial charge in [0.1, 0.15) is 0 Å². The third-order valence-corrected chi connectivity index (χ3v) is 3.26. The molecule has 2 atom stereocenters. The number of hydrogen-bond acceptors (Lipinski definition) is 3. The SMILES string of the molecule is CC(C)NC(=O)CCNC(=O)C1CCCCC1N. The summed E-state index contributed by atoms with van der Waals surface area (Å²) in [5.74, 6) is -0.107. The molecule has 104 valence electrons. The molecule has 5 nitrogen and oxygen atoms in total. The molecule has 0 radical (unpaired) electrons. The highest BCUT2D eigenvalue weighted by atomic mass is 16.2. The van der Waals surface area contributed by atoms with Gasteiger partial charge >= 0.3 is 0 Å². The van der Waals surface area contributed by atoms with Gasteiger partial charge < -0.3 is 16.4 Å². The lowest BCUT2D eigenvalue weighted by molar-refractivity contribution is -0.126. The molecule has 4 N–H and O–H groups in total. The van der Waals surface area contributed by atoms with Crippen molar-refractivity contribution in [1.82, 2.24) is 10.6 Å². The molecule has 0 aromatic rings. The largest absolute Gasteiger partial charge is 0.355 e. The average molecular weight is 255 g/mol. The second-order valence-electron chi connectivity index (χ2n) is 5.32. The minimum atomic E-state index is -0.0769. The van der Waals surface area contributed by atoms with E-state index in [2.05, 4.69) is 10.6 Å². The zero-order chi connectivity index (χ0) is 13.5. The minimum absolute atomic E-state index is 0.000420. The maximum atomic E-state index is 11.9. The van der Waals surface area contributed by atoms with E-state index in [-0.39, 0.29) is 29.8 Å². The van der Waals surface area contributed by atoms with Gasteiger partial charge in [-0.15, -0.1) is 0 Å². The standard InChI is InChI=1S/C13H25N3O2/c1-9(2)16-12(17)7-8-15-13(18)10-5-3-4-6-11(10)14/h9-11H,3-8,14H2,1-2H3,(H,15,18)(H,16,17). The second kappa shape index (κ2) is 7.36.